The van der Waals surface area contributed by atoms with Crippen molar-refractivity contribution in [1.29, 1.82) is 0 Å². The third kappa shape index (κ3) is 6.46. The summed E-state index contributed by atoms with van der Waals surface area (Å²) >= 11 is 0. The van der Waals surface area contributed by atoms with E-state index < -0.39 is 0 Å². The Labute approximate surface area is 437 Å². The van der Waals surface area contributed by atoms with Crippen LogP contribution in [0, 0.1) is 0 Å². The number of para-hydroxylation sites is 1. The standard InChI is InChI=1S/C64H49B6N3/c1-62(2,3)36-23-25-37(26-24-36)71(61-58(68)56(66)55(65)57(67)59(61)69)40-29-32-50-54(35-40)73(39-27-30-43-41-15-8-10-17-45(41)64(6,7)48(43)34-39)53-22-14-21-52-60(53)70(50)49-19-12-13-20-51(49)72(52)38-28-31-47-44(33-38)42-16-9-11-18-46(42)63(47,4)5/h8-35H,1-7H3. The highest BCUT2D eigenvalue weighted by atomic mass is 15.2. The SMILES string of the molecule is [B]c1c([B])c([B])c(N(c2ccc(C(C)(C)C)cc2)c2ccc3c(c2)N(c2ccc4c(c2)C(C)(C)c2ccccc2-4)c2cccc4c2B3c2ccccc2N4c2ccc3c(c2)-c2ccccc2C3(C)C)c([B])c1[B]. The lowest BCUT2D eigenvalue weighted by atomic mass is 9.33. The van der Waals surface area contributed by atoms with E-state index in [-0.39, 0.29) is 50.3 Å². The number of benzene rings is 9. The van der Waals surface area contributed by atoms with E-state index in [2.05, 4.69) is 233 Å². The molecule has 0 saturated heterocycles. The van der Waals surface area contributed by atoms with Gasteiger partial charge in [0.2, 0.25) is 0 Å². The zero-order valence-corrected chi connectivity index (χ0v) is 42.5. The van der Waals surface area contributed by atoms with Crippen LogP contribution in [0.1, 0.15) is 76.3 Å². The van der Waals surface area contributed by atoms with Gasteiger partial charge in [-0.1, -0.05) is 163 Å². The minimum Gasteiger partial charge on any atom is -0.312 e. The molecule has 0 amide bonds. The molecule has 0 spiro atoms. The second kappa shape index (κ2) is 15.9. The van der Waals surface area contributed by atoms with Gasteiger partial charge in [-0.15, -0.1) is 16.4 Å². The summed E-state index contributed by atoms with van der Waals surface area (Å²) in [5.41, 5.74) is 24.7. The van der Waals surface area contributed by atoms with Crippen molar-refractivity contribution in [3.05, 3.63) is 198 Å². The van der Waals surface area contributed by atoms with Crippen molar-refractivity contribution < 1.29 is 0 Å². The van der Waals surface area contributed by atoms with Crippen molar-refractivity contribution in [2.24, 2.45) is 0 Å². The first kappa shape index (κ1) is 45.6. The number of anilines is 9. The highest BCUT2D eigenvalue weighted by Gasteiger charge is 2.45. The molecule has 2 aliphatic carbocycles. The third-order valence-corrected chi connectivity index (χ3v) is 16.7. The van der Waals surface area contributed by atoms with E-state index in [1.54, 1.807) is 0 Å². The van der Waals surface area contributed by atoms with Gasteiger partial charge in [-0.25, -0.2) is 0 Å². The van der Waals surface area contributed by atoms with Gasteiger partial charge in [0.25, 0.3) is 6.71 Å². The van der Waals surface area contributed by atoms with E-state index >= 15 is 0 Å². The maximum atomic E-state index is 7.01. The predicted octanol–water partition coefficient (Wildman–Crippen LogP) is 9.12. The molecule has 3 nitrogen and oxygen atoms in total. The lowest BCUT2D eigenvalue weighted by Crippen LogP contribution is -2.61. The molecule has 73 heavy (non-hydrogen) atoms. The van der Waals surface area contributed by atoms with Gasteiger partial charge in [0.05, 0.1) is 0 Å². The van der Waals surface area contributed by atoms with E-state index in [4.69, 9.17) is 39.2 Å². The van der Waals surface area contributed by atoms with Crippen LogP contribution in [0.4, 0.5) is 51.2 Å². The molecule has 0 fully saturated rings. The molecular weight excluding hydrogens is 876 g/mol. The molecule has 0 atom stereocenters. The smallest absolute Gasteiger partial charge is 0.252 e. The second-order valence-corrected chi connectivity index (χ2v) is 22.5. The summed E-state index contributed by atoms with van der Waals surface area (Å²) in [6.07, 6.45) is 0. The molecular formula is C64H49B6N3. The van der Waals surface area contributed by atoms with E-state index in [1.165, 1.54) is 66.5 Å². The van der Waals surface area contributed by atoms with Gasteiger partial charge in [0.15, 0.2) is 0 Å². The van der Waals surface area contributed by atoms with Crippen LogP contribution in [0.25, 0.3) is 22.3 Å². The van der Waals surface area contributed by atoms with Crippen molar-refractivity contribution >= 4 is 141 Å². The summed E-state index contributed by atoms with van der Waals surface area (Å²) in [7, 11) is 33.8. The Bertz CT molecular complexity index is 3800. The highest BCUT2D eigenvalue weighted by Crippen LogP contribution is 2.54. The molecule has 10 radical (unpaired) electrons. The fourth-order valence-electron chi connectivity index (χ4n) is 12.8. The molecule has 0 unspecified atom stereocenters. The van der Waals surface area contributed by atoms with E-state index in [9.17, 15) is 0 Å². The van der Waals surface area contributed by atoms with E-state index in [0.717, 1.165) is 45.5 Å². The molecule has 9 aromatic carbocycles. The first-order chi connectivity index (χ1) is 35.0. The molecule has 2 heterocycles. The quantitative estimate of drug-likeness (QED) is 0.160. The summed E-state index contributed by atoms with van der Waals surface area (Å²) < 4.78 is 0. The van der Waals surface area contributed by atoms with Crippen LogP contribution in [0.15, 0.2) is 170 Å². The number of hydrogen-bond acceptors (Lipinski definition) is 3. The first-order valence-corrected chi connectivity index (χ1v) is 25.3. The van der Waals surface area contributed by atoms with E-state index in [0.29, 0.717) is 5.69 Å². The van der Waals surface area contributed by atoms with Gasteiger partial charge in [0.1, 0.15) is 39.2 Å². The Kier molecular flexibility index (Phi) is 9.93. The van der Waals surface area contributed by atoms with Crippen LogP contribution in [-0.2, 0) is 16.2 Å². The summed E-state index contributed by atoms with van der Waals surface area (Å²) in [5.74, 6) is 0. The second-order valence-electron chi connectivity index (χ2n) is 22.5. The highest BCUT2D eigenvalue weighted by molar-refractivity contribution is 7.00. The number of fused-ring (bicyclic) bond motifs is 10. The van der Waals surface area contributed by atoms with Gasteiger partial charge in [0, 0.05) is 62.0 Å². The Balaban J connectivity index is 1.07. The molecule has 2 aliphatic heterocycles. The van der Waals surface area contributed by atoms with Crippen LogP contribution in [0.2, 0.25) is 0 Å². The maximum Gasteiger partial charge on any atom is 0.252 e. The summed E-state index contributed by atoms with van der Waals surface area (Å²) in [6, 6.07) is 62.9. The third-order valence-electron chi connectivity index (χ3n) is 16.7. The lowest BCUT2D eigenvalue weighted by molar-refractivity contribution is 0.590. The van der Waals surface area contributed by atoms with Crippen LogP contribution < -0.4 is 58.4 Å². The summed E-state index contributed by atoms with van der Waals surface area (Å²) in [4.78, 5) is 7.05. The van der Waals surface area contributed by atoms with Crippen LogP contribution >= 0.6 is 0 Å². The van der Waals surface area contributed by atoms with Gasteiger partial charge < -0.3 is 14.7 Å². The fourth-order valence-corrected chi connectivity index (χ4v) is 12.8. The molecule has 0 aromatic heterocycles. The Morgan fingerprint density at radius 2 is 0.904 bits per heavy atom. The Morgan fingerprint density at radius 1 is 0.411 bits per heavy atom. The van der Waals surface area contributed by atoms with Crippen molar-refractivity contribution in [3.8, 4) is 22.3 Å². The van der Waals surface area contributed by atoms with Crippen LogP contribution in [0.3, 0.4) is 0 Å². The molecule has 13 rings (SSSR count). The normalized spacial score (nSPS) is 14.9. The summed E-state index contributed by atoms with van der Waals surface area (Å²) in [5, 5.41) is 0. The maximum absolute atomic E-state index is 7.01. The zero-order chi connectivity index (χ0) is 50.6. The first-order valence-electron chi connectivity index (χ1n) is 25.3. The molecule has 9 heteroatoms. The van der Waals surface area contributed by atoms with Gasteiger partial charge in [-0.3, -0.25) is 0 Å². The predicted molar refractivity (Wildman–Crippen MR) is 316 cm³/mol. The Hall–Kier alpha value is -7.23. The van der Waals surface area contributed by atoms with Crippen molar-refractivity contribution in [2.45, 2.75) is 64.7 Å². The van der Waals surface area contributed by atoms with Gasteiger partial charge >= 0.3 is 0 Å². The minimum absolute atomic E-state index is 0.0728. The molecule has 0 saturated carbocycles. The average molecular weight is 925 g/mol. The van der Waals surface area contributed by atoms with Crippen LogP contribution in [0.5, 0.6) is 0 Å². The molecule has 0 N–H and O–H groups in total. The molecule has 4 aliphatic rings. The fraction of sp³-hybridized carbons (Fsp3) is 0.156. The molecule has 338 valence electrons. The lowest BCUT2D eigenvalue weighted by Gasteiger charge is -2.44. The summed E-state index contributed by atoms with van der Waals surface area (Å²) in [6.45, 7) is 15.9. The monoisotopic (exact) mass is 925 g/mol. The largest absolute Gasteiger partial charge is 0.312 e. The number of hydrogen-bond donors (Lipinski definition) is 0. The topological polar surface area (TPSA) is 9.72 Å². The Morgan fingerprint density at radius 3 is 1.58 bits per heavy atom. The zero-order valence-electron chi connectivity index (χ0n) is 42.5. The number of rotatable bonds is 5. The van der Waals surface area contributed by atoms with Gasteiger partial charge in [-0.2, -0.15) is 0 Å². The average Bonchev–Trinajstić information content (AvgIpc) is 3.77. The van der Waals surface area contributed by atoms with Gasteiger partial charge in [-0.05, 0) is 139 Å². The number of nitrogens with zero attached hydrogens (tertiary/aromatic N) is 3. The molecule has 0 bridgehead atoms. The van der Waals surface area contributed by atoms with Crippen molar-refractivity contribution in [1.82, 2.24) is 0 Å². The minimum atomic E-state index is -0.225. The molecule has 9 aromatic rings. The van der Waals surface area contributed by atoms with E-state index in [1.807, 2.05) is 0 Å². The van der Waals surface area contributed by atoms with Crippen molar-refractivity contribution in [2.75, 3.05) is 14.7 Å². The van der Waals surface area contributed by atoms with Crippen molar-refractivity contribution in [3.63, 3.8) is 0 Å². The van der Waals surface area contributed by atoms with Crippen LogP contribution in [-0.4, -0.2) is 45.9 Å².